The molecule has 0 aliphatic heterocycles. The first-order valence-corrected chi connectivity index (χ1v) is 21.2. The molecule has 1 heterocycles. The first-order chi connectivity index (χ1) is 30.7. The minimum absolute atomic E-state index is 0.897. The van der Waals surface area contributed by atoms with Crippen molar-refractivity contribution in [3.05, 3.63) is 237 Å². The van der Waals surface area contributed by atoms with Crippen LogP contribution in [0.15, 0.2) is 241 Å². The van der Waals surface area contributed by atoms with E-state index >= 15 is 0 Å². The Balaban J connectivity index is 0.976. The van der Waals surface area contributed by atoms with Crippen molar-refractivity contribution >= 4 is 71.3 Å². The summed E-state index contributed by atoms with van der Waals surface area (Å²) >= 11 is 0. The SMILES string of the molecule is c1cc(-c2ccc(-c3ccc4ccccc4c3)cc2)cc(N(c2ccc(-c3cccc4oc5ccccc5c34)cc2)c2ccccc2-c2ccc3c(ccc4ccccc43)c2)c1. The lowest BCUT2D eigenvalue weighted by Gasteiger charge is -2.28. The fourth-order valence-electron chi connectivity index (χ4n) is 9.37. The van der Waals surface area contributed by atoms with Gasteiger partial charge >= 0.3 is 0 Å². The molecule has 2 nitrogen and oxygen atoms in total. The Morgan fingerprint density at radius 3 is 1.69 bits per heavy atom. The van der Waals surface area contributed by atoms with Crippen LogP contribution >= 0.6 is 0 Å². The predicted octanol–water partition coefficient (Wildman–Crippen LogP) is 17.2. The Hall–Kier alpha value is -8.20. The van der Waals surface area contributed by atoms with E-state index in [0.29, 0.717) is 0 Å². The molecule has 1 aromatic heterocycles. The van der Waals surface area contributed by atoms with Gasteiger partial charge in [-0.3, -0.25) is 0 Å². The Morgan fingerprint density at radius 2 is 0.839 bits per heavy atom. The van der Waals surface area contributed by atoms with Crippen LogP contribution in [0.25, 0.3) is 98.8 Å². The van der Waals surface area contributed by atoms with Gasteiger partial charge in [0, 0.05) is 27.7 Å². The fraction of sp³-hybridized carbons (Fsp3) is 0. The van der Waals surface area contributed by atoms with Gasteiger partial charge in [0.1, 0.15) is 11.2 Å². The molecule has 0 bridgehead atoms. The lowest BCUT2D eigenvalue weighted by molar-refractivity contribution is 0.669. The third-order valence-electron chi connectivity index (χ3n) is 12.4. The molecule has 0 amide bonds. The zero-order chi connectivity index (χ0) is 41.0. The van der Waals surface area contributed by atoms with Gasteiger partial charge in [-0.1, -0.05) is 182 Å². The van der Waals surface area contributed by atoms with E-state index < -0.39 is 0 Å². The van der Waals surface area contributed by atoms with Crippen molar-refractivity contribution in [2.45, 2.75) is 0 Å². The maximum atomic E-state index is 6.28. The largest absolute Gasteiger partial charge is 0.456 e. The maximum absolute atomic E-state index is 6.28. The predicted molar refractivity (Wildman–Crippen MR) is 263 cm³/mol. The summed E-state index contributed by atoms with van der Waals surface area (Å²) in [5.41, 5.74) is 14.4. The highest BCUT2D eigenvalue weighted by Gasteiger charge is 2.19. The van der Waals surface area contributed by atoms with Crippen LogP contribution in [0.4, 0.5) is 17.1 Å². The van der Waals surface area contributed by atoms with Crippen LogP contribution in [0.5, 0.6) is 0 Å². The first-order valence-electron chi connectivity index (χ1n) is 21.2. The van der Waals surface area contributed by atoms with E-state index in [-0.39, 0.29) is 0 Å². The van der Waals surface area contributed by atoms with Crippen LogP contribution in [0.3, 0.4) is 0 Å². The second kappa shape index (κ2) is 14.8. The summed E-state index contributed by atoms with van der Waals surface area (Å²) in [5.74, 6) is 0. The number of hydrogen-bond acceptors (Lipinski definition) is 2. The zero-order valence-electron chi connectivity index (χ0n) is 33.9. The molecule has 11 aromatic carbocycles. The van der Waals surface area contributed by atoms with E-state index in [2.05, 4.69) is 229 Å². The summed E-state index contributed by atoms with van der Waals surface area (Å²) in [6.45, 7) is 0. The maximum Gasteiger partial charge on any atom is 0.136 e. The van der Waals surface area contributed by atoms with E-state index in [1.54, 1.807) is 0 Å². The summed E-state index contributed by atoms with van der Waals surface area (Å²) in [6, 6.07) is 85.6. The second-order valence-electron chi connectivity index (χ2n) is 16.1. The van der Waals surface area contributed by atoms with Gasteiger partial charge in [0.15, 0.2) is 0 Å². The van der Waals surface area contributed by atoms with Gasteiger partial charge in [-0.15, -0.1) is 0 Å². The number of anilines is 3. The third-order valence-corrected chi connectivity index (χ3v) is 12.4. The molecule has 0 atom stereocenters. The fourth-order valence-corrected chi connectivity index (χ4v) is 9.37. The summed E-state index contributed by atoms with van der Waals surface area (Å²) in [6.07, 6.45) is 0. The Morgan fingerprint density at radius 1 is 0.274 bits per heavy atom. The molecule has 0 unspecified atom stereocenters. The molecule has 12 aromatic rings. The van der Waals surface area contributed by atoms with Crippen molar-refractivity contribution in [2.24, 2.45) is 0 Å². The number of para-hydroxylation sites is 2. The quantitative estimate of drug-likeness (QED) is 0.150. The van der Waals surface area contributed by atoms with Crippen molar-refractivity contribution in [3.8, 4) is 44.5 Å². The van der Waals surface area contributed by atoms with E-state index in [0.717, 1.165) is 61.3 Å². The molecule has 12 rings (SSSR count). The van der Waals surface area contributed by atoms with Crippen molar-refractivity contribution in [2.75, 3.05) is 4.90 Å². The standard InChI is InChI=1S/C60H39NO/c1-2-13-45-37-47(29-27-40(45)11-1)42-25-23-41(24-26-42)46-14-9-15-51(39-46)61(50-34-31-44(32-35-50)55-19-10-22-59-60(55)56-18-6-8-21-58(56)62-59)57-20-7-5-17-54(57)49-33-36-53-48(38-49)30-28-43-12-3-4-16-52(43)53/h1-39H. The second-order valence-corrected chi connectivity index (χ2v) is 16.1. The van der Waals surface area contributed by atoms with Crippen LogP contribution in [-0.2, 0) is 0 Å². The molecule has 0 saturated carbocycles. The van der Waals surface area contributed by atoms with Crippen LogP contribution in [0.2, 0.25) is 0 Å². The van der Waals surface area contributed by atoms with E-state index in [1.807, 2.05) is 12.1 Å². The van der Waals surface area contributed by atoms with Gasteiger partial charge in [0.2, 0.25) is 0 Å². The minimum Gasteiger partial charge on any atom is -0.456 e. The zero-order valence-corrected chi connectivity index (χ0v) is 33.9. The molecule has 0 N–H and O–H groups in total. The lowest BCUT2D eigenvalue weighted by Crippen LogP contribution is -2.11. The molecule has 0 aliphatic rings. The van der Waals surface area contributed by atoms with Crippen LogP contribution in [-0.4, -0.2) is 0 Å². The third kappa shape index (κ3) is 6.20. The van der Waals surface area contributed by atoms with Gasteiger partial charge in [-0.05, 0) is 126 Å². The summed E-state index contributed by atoms with van der Waals surface area (Å²) < 4.78 is 6.28. The molecule has 0 saturated heterocycles. The van der Waals surface area contributed by atoms with Gasteiger partial charge in [-0.25, -0.2) is 0 Å². The van der Waals surface area contributed by atoms with Crippen LogP contribution in [0, 0.1) is 0 Å². The van der Waals surface area contributed by atoms with E-state index in [1.165, 1.54) is 54.6 Å². The Kier molecular flexibility index (Phi) is 8.53. The molecule has 290 valence electrons. The van der Waals surface area contributed by atoms with Gasteiger partial charge < -0.3 is 9.32 Å². The normalized spacial score (nSPS) is 11.5. The topological polar surface area (TPSA) is 16.4 Å². The van der Waals surface area contributed by atoms with Crippen molar-refractivity contribution in [1.82, 2.24) is 0 Å². The van der Waals surface area contributed by atoms with Gasteiger partial charge in [0.05, 0.1) is 5.69 Å². The summed E-state index contributed by atoms with van der Waals surface area (Å²) in [4.78, 5) is 2.41. The molecule has 2 heteroatoms. The molecular weight excluding hydrogens is 751 g/mol. The molecule has 0 radical (unpaired) electrons. The number of nitrogens with zero attached hydrogens (tertiary/aromatic N) is 1. The molecule has 0 fully saturated rings. The number of fused-ring (bicyclic) bond motifs is 7. The average molecular weight is 790 g/mol. The summed E-state index contributed by atoms with van der Waals surface area (Å²) in [7, 11) is 0. The number of benzene rings is 11. The van der Waals surface area contributed by atoms with Gasteiger partial charge in [0.25, 0.3) is 0 Å². The van der Waals surface area contributed by atoms with Crippen molar-refractivity contribution in [3.63, 3.8) is 0 Å². The number of rotatable bonds is 7. The average Bonchev–Trinajstić information content (AvgIpc) is 3.73. The highest BCUT2D eigenvalue weighted by Crippen LogP contribution is 2.44. The van der Waals surface area contributed by atoms with E-state index in [4.69, 9.17) is 4.42 Å². The van der Waals surface area contributed by atoms with Crippen LogP contribution in [0.1, 0.15) is 0 Å². The number of furan rings is 1. The molecule has 0 spiro atoms. The van der Waals surface area contributed by atoms with Crippen molar-refractivity contribution in [1.29, 1.82) is 0 Å². The highest BCUT2D eigenvalue weighted by atomic mass is 16.3. The summed E-state index contributed by atoms with van der Waals surface area (Å²) in [5, 5.41) is 9.78. The highest BCUT2D eigenvalue weighted by molar-refractivity contribution is 6.12. The smallest absolute Gasteiger partial charge is 0.136 e. The number of hydrogen-bond donors (Lipinski definition) is 0. The Labute approximate surface area is 360 Å². The monoisotopic (exact) mass is 789 g/mol. The molecular formula is C60H39NO. The minimum atomic E-state index is 0.897. The van der Waals surface area contributed by atoms with E-state index in [9.17, 15) is 0 Å². The van der Waals surface area contributed by atoms with Crippen LogP contribution < -0.4 is 4.90 Å². The van der Waals surface area contributed by atoms with Gasteiger partial charge in [-0.2, -0.15) is 0 Å². The Bertz CT molecular complexity index is 3630. The van der Waals surface area contributed by atoms with Crippen molar-refractivity contribution < 1.29 is 4.42 Å². The lowest BCUT2D eigenvalue weighted by atomic mass is 9.95. The first kappa shape index (κ1) is 35.7. The molecule has 0 aliphatic carbocycles. The molecule has 62 heavy (non-hydrogen) atoms.